The molecule has 0 radical (unpaired) electrons. The van der Waals surface area contributed by atoms with Crippen LogP contribution in [0.15, 0.2) is 0 Å². The fraction of sp³-hybridized carbons (Fsp3) is 0.571. The minimum absolute atomic E-state index is 0.0319. The minimum atomic E-state index is -0.0319. The molecule has 0 atom stereocenters. The molecule has 0 unspecified atom stereocenters. The lowest BCUT2D eigenvalue weighted by Gasteiger charge is -1.93. The maximum absolute atomic E-state index is 8.91. The Labute approximate surface area is 70.6 Å². The molecule has 1 aromatic heterocycles. The number of hydrogen-bond donors (Lipinski definition) is 1. The monoisotopic (exact) mass is 174 g/mol. The molecule has 62 valence electrons. The lowest BCUT2D eigenvalue weighted by Crippen LogP contribution is -1.90. The van der Waals surface area contributed by atoms with Crippen LogP contribution < -0.4 is 0 Å². The van der Waals surface area contributed by atoms with Gasteiger partial charge in [-0.15, -0.1) is 0 Å². The van der Waals surface area contributed by atoms with Crippen LogP contribution in [-0.2, 0) is 20.1 Å². The van der Waals surface area contributed by atoms with Gasteiger partial charge in [-0.3, -0.25) is 4.68 Å². The van der Waals surface area contributed by atoms with Gasteiger partial charge < -0.3 is 5.11 Å². The van der Waals surface area contributed by atoms with Gasteiger partial charge in [-0.25, -0.2) is 0 Å². The lowest BCUT2D eigenvalue weighted by molar-refractivity contribution is 0.280. The zero-order chi connectivity index (χ0) is 8.43. The Morgan fingerprint density at radius 2 is 2.27 bits per heavy atom. The van der Waals surface area contributed by atoms with E-state index in [1.165, 1.54) is 0 Å². The van der Waals surface area contributed by atoms with Gasteiger partial charge in [0.25, 0.3) is 0 Å². The van der Waals surface area contributed by atoms with Crippen LogP contribution in [0, 0.1) is 0 Å². The third-order valence-electron chi connectivity index (χ3n) is 1.65. The van der Waals surface area contributed by atoms with Crippen LogP contribution in [0.3, 0.4) is 0 Å². The van der Waals surface area contributed by atoms with E-state index in [1.54, 1.807) is 11.7 Å². The number of aromatic nitrogens is 2. The molecule has 0 amide bonds. The maximum Gasteiger partial charge on any atom is 0.132 e. The van der Waals surface area contributed by atoms with Gasteiger partial charge in [0.1, 0.15) is 5.15 Å². The van der Waals surface area contributed by atoms with Crippen molar-refractivity contribution in [1.82, 2.24) is 9.78 Å². The van der Waals surface area contributed by atoms with Gasteiger partial charge in [0.15, 0.2) is 0 Å². The van der Waals surface area contributed by atoms with Crippen molar-refractivity contribution < 1.29 is 5.11 Å². The molecule has 0 saturated heterocycles. The van der Waals surface area contributed by atoms with Crippen molar-refractivity contribution in [2.75, 3.05) is 0 Å². The van der Waals surface area contributed by atoms with Gasteiger partial charge in [-0.2, -0.15) is 5.10 Å². The first kappa shape index (κ1) is 8.56. The fourth-order valence-corrected chi connectivity index (χ4v) is 1.25. The first-order valence-corrected chi connectivity index (χ1v) is 3.89. The smallest absolute Gasteiger partial charge is 0.132 e. The summed E-state index contributed by atoms with van der Waals surface area (Å²) in [5.41, 5.74) is 1.62. The van der Waals surface area contributed by atoms with Crippen LogP contribution in [0.2, 0.25) is 5.15 Å². The third-order valence-corrected chi connectivity index (χ3v) is 2.12. The zero-order valence-electron chi connectivity index (χ0n) is 6.63. The molecule has 1 rings (SSSR count). The van der Waals surface area contributed by atoms with Gasteiger partial charge >= 0.3 is 0 Å². The van der Waals surface area contributed by atoms with Gasteiger partial charge in [-0.1, -0.05) is 18.5 Å². The third kappa shape index (κ3) is 1.39. The fourth-order valence-electron chi connectivity index (χ4n) is 1.04. The van der Waals surface area contributed by atoms with Crippen molar-refractivity contribution >= 4 is 11.6 Å². The second kappa shape index (κ2) is 3.24. The molecule has 0 bridgehead atoms. The number of hydrogen-bond acceptors (Lipinski definition) is 2. The molecule has 0 aliphatic rings. The van der Waals surface area contributed by atoms with Crippen molar-refractivity contribution in [3.63, 3.8) is 0 Å². The number of halogens is 1. The van der Waals surface area contributed by atoms with Crippen molar-refractivity contribution in [2.45, 2.75) is 20.0 Å². The van der Waals surface area contributed by atoms with Gasteiger partial charge in [0.2, 0.25) is 0 Å². The summed E-state index contributed by atoms with van der Waals surface area (Å²) in [4.78, 5) is 0. The summed E-state index contributed by atoms with van der Waals surface area (Å²) in [6.45, 7) is 1.95. The summed E-state index contributed by atoms with van der Waals surface area (Å²) in [6, 6.07) is 0. The Balaban J connectivity index is 3.15. The van der Waals surface area contributed by atoms with Crippen molar-refractivity contribution in [2.24, 2.45) is 7.05 Å². The molecule has 0 aliphatic carbocycles. The number of rotatable bonds is 2. The highest BCUT2D eigenvalue weighted by molar-refractivity contribution is 6.30. The molecule has 0 fully saturated rings. The van der Waals surface area contributed by atoms with Crippen LogP contribution in [-0.4, -0.2) is 14.9 Å². The Morgan fingerprint density at radius 3 is 2.64 bits per heavy atom. The van der Waals surface area contributed by atoms with E-state index >= 15 is 0 Å². The molecule has 0 aromatic carbocycles. The molecule has 1 aromatic rings. The Morgan fingerprint density at radius 1 is 1.64 bits per heavy atom. The highest BCUT2D eigenvalue weighted by Gasteiger charge is 2.10. The van der Waals surface area contributed by atoms with E-state index < -0.39 is 0 Å². The molecule has 0 aliphatic heterocycles. The summed E-state index contributed by atoms with van der Waals surface area (Å²) in [6.07, 6.45) is 0.802. The van der Waals surface area contributed by atoms with E-state index in [-0.39, 0.29) is 6.61 Å². The maximum atomic E-state index is 8.91. The van der Waals surface area contributed by atoms with Crippen molar-refractivity contribution in [3.05, 3.63) is 16.4 Å². The summed E-state index contributed by atoms with van der Waals surface area (Å²) < 4.78 is 1.58. The molecular weight excluding hydrogens is 164 g/mol. The van der Waals surface area contributed by atoms with Gasteiger partial charge in [0, 0.05) is 12.6 Å². The topological polar surface area (TPSA) is 38.0 Å². The van der Waals surface area contributed by atoms with Crippen LogP contribution >= 0.6 is 11.6 Å². The standard InChI is InChI=1S/C7H11ClN2O/c1-3-6-5(4-11)7(8)10(2)9-6/h11H,3-4H2,1-2H3. The lowest BCUT2D eigenvalue weighted by atomic mass is 10.2. The zero-order valence-corrected chi connectivity index (χ0v) is 7.39. The first-order valence-electron chi connectivity index (χ1n) is 3.51. The number of nitrogens with zero attached hydrogens (tertiary/aromatic N) is 2. The van der Waals surface area contributed by atoms with Crippen molar-refractivity contribution in [1.29, 1.82) is 0 Å². The molecule has 1 N–H and O–H groups in total. The normalized spacial score (nSPS) is 10.5. The van der Waals surface area contributed by atoms with Crippen LogP contribution in [0.4, 0.5) is 0 Å². The van der Waals surface area contributed by atoms with E-state index in [1.807, 2.05) is 6.92 Å². The summed E-state index contributed by atoms with van der Waals surface area (Å²) in [7, 11) is 1.76. The predicted octanol–water partition coefficient (Wildman–Crippen LogP) is 1.13. The summed E-state index contributed by atoms with van der Waals surface area (Å²) in [5, 5.41) is 13.6. The predicted molar refractivity (Wildman–Crippen MR) is 43.5 cm³/mol. The minimum Gasteiger partial charge on any atom is -0.391 e. The second-order valence-corrected chi connectivity index (χ2v) is 2.71. The summed E-state index contributed by atoms with van der Waals surface area (Å²) >= 11 is 5.83. The van der Waals surface area contributed by atoms with Crippen LogP contribution in [0.25, 0.3) is 0 Å². The van der Waals surface area contributed by atoms with E-state index in [9.17, 15) is 0 Å². The quantitative estimate of drug-likeness (QED) is 0.730. The Hall–Kier alpha value is -0.540. The van der Waals surface area contributed by atoms with Gasteiger partial charge in [0.05, 0.1) is 12.3 Å². The SMILES string of the molecule is CCc1nn(C)c(Cl)c1CO. The molecule has 11 heavy (non-hydrogen) atoms. The van der Waals surface area contributed by atoms with E-state index in [2.05, 4.69) is 5.10 Å². The van der Waals surface area contributed by atoms with E-state index in [0.717, 1.165) is 17.7 Å². The molecular formula is C7H11ClN2O. The average Bonchev–Trinajstić information content (AvgIpc) is 2.28. The number of aryl methyl sites for hydroxylation is 2. The van der Waals surface area contributed by atoms with E-state index in [4.69, 9.17) is 16.7 Å². The van der Waals surface area contributed by atoms with E-state index in [0.29, 0.717) is 5.15 Å². The Kier molecular flexibility index (Phi) is 2.52. The first-order chi connectivity index (χ1) is 5.20. The van der Waals surface area contributed by atoms with Crippen LogP contribution in [0.1, 0.15) is 18.2 Å². The molecule has 3 nitrogen and oxygen atoms in total. The van der Waals surface area contributed by atoms with Crippen LogP contribution in [0.5, 0.6) is 0 Å². The number of aliphatic hydroxyl groups excluding tert-OH is 1. The number of aliphatic hydroxyl groups is 1. The molecule has 4 heteroatoms. The van der Waals surface area contributed by atoms with Gasteiger partial charge in [-0.05, 0) is 6.42 Å². The molecule has 0 saturated carbocycles. The average molecular weight is 175 g/mol. The molecule has 0 spiro atoms. The molecule has 1 heterocycles. The highest BCUT2D eigenvalue weighted by Crippen LogP contribution is 2.18. The van der Waals surface area contributed by atoms with Crippen molar-refractivity contribution in [3.8, 4) is 0 Å². The highest BCUT2D eigenvalue weighted by atomic mass is 35.5. The summed E-state index contributed by atoms with van der Waals surface area (Å²) in [5.74, 6) is 0. The largest absolute Gasteiger partial charge is 0.391 e. The Bertz CT molecular complexity index is 257. The second-order valence-electron chi connectivity index (χ2n) is 2.35.